The molecule has 0 aromatic heterocycles. The van der Waals surface area contributed by atoms with Crippen molar-refractivity contribution in [3.63, 3.8) is 0 Å². The van der Waals surface area contributed by atoms with Gasteiger partial charge in [0, 0.05) is 0 Å². The van der Waals surface area contributed by atoms with Gasteiger partial charge in [-0.05, 0) is 59.8 Å². The molecule has 2 unspecified atom stereocenters. The van der Waals surface area contributed by atoms with Crippen LogP contribution in [0.15, 0.2) is 11.1 Å². The Balaban J connectivity index is 2.26. The highest BCUT2D eigenvalue weighted by Crippen LogP contribution is 2.74. The lowest BCUT2D eigenvalue weighted by atomic mass is 9.52. The number of carbonyl (C=O) groups excluding carboxylic acids is 1. The first-order valence-corrected chi connectivity index (χ1v) is 7.04. The topological polar surface area (TPSA) is 17.1 Å². The number of carbonyl (C=O) groups is 1. The maximum atomic E-state index is 11.4. The summed E-state index contributed by atoms with van der Waals surface area (Å²) in [6.07, 6.45) is 7.37. The highest BCUT2D eigenvalue weighted by Gasteiger charge is 2.65. The first-order valence-electron chi connectivity index (χ1n) is 7.04. The van der Waals surface area contributed by atoms with Gasteiger partial charge in [0.2, 0.25) is 0 Å². The number of fused-ring (bicyclic) bond motifs is 1. The monoisotopic (exact) mass is 232 g/mol. The van der Waals surface area contributed by atoms with Crippen LogP contribution in [0.5, 0.6) is 0 Å². The molecule has 0 heterocycles. The van der Waals surface area contributed by atoms with Gasteiger partial charge in [-0.25, -0.2) is 0 Å². The van der Waals surface area contributed by atoms with Crippen LogP contribution in [0, 0.1) is 22.2 Å². The molecular weight excluding hydrogens is 208 g/mol. The molecule has 1 nitrogen and oxygen atoms in total. The van der Waals surface area contributed by atoms with Crippen molar-refractivity contribution in [2.45, 2.75) is 59.8 Å². The van der Waals surface area contributed by atoms with Crippen LogP contribution in [0.4, 0.5) is 0 Å². The summed E-state index contributed by atoms with van der Waals surface area (Å²) in [6, 6.07) is 0. The molecule has 2 bridgehead atoms. The van der Waals surface area contributed by atoms with E-state index in [9.17, 15) is 4.79 Å². The van der Waals surface area contributed by atoms with E-state index < -0.39 is 0 Å². The van der Waals surface area contributed by atoms with Crippen LogP contribution in [-0.4, -0.2) is 6.29 Å². The van der Waals surface area contributed by atoms with Gasteiger partial charge in [0.15, 0.2) is 0 Å². The molecule has 17 heavy (non-hydrogen) atoms. The Morgan fingerprint density at radius 2 is 1.88 bits per heavy atom. The van der Waals surface area contributed by atoms with Crippen molar-refractivity contribution in [3.8, 4) is 0 Å². The number of aldehydes is 1. The van der Waals surface area contributed by atoms with Crippen LogP contribution in [0.2, 0.25) is 0 Å². The average Bonchev–Trinajstić information content (AvgIpc) is 2.76. The molecule has 0 aliphatic heterocycles. The first kappa shape index (κ1) is 11.5. The van der Waals surface area contributed by atoms with E-state index in [0.717, 1.165) is 24.2 Å². The summed E-state index contributed by atoms with van der Waals surface area (Å²) < 4.78 is 0. The molecule has 3 aliphatic carbocycles. The second-order valence-corrected chi connectivity index (χ2v) is 7.65. The van der Waals surface area contributed by atoms with Gasteiger partial charge in [-0.1, -0.05) is 33.3 Å². The van der Waals surface area contributed by atoms with Crippen LogP contribution in [-0.2, 0) is 4.79 Å². The van der Waals surface area contributed by atoms with Crippen molar-refractivity contribution >= 4 is 6.29 Å². The second kappa shape index (κ2) is 3.05. The highest BCUT2D eigenvalue weighted by molar-refractivity contribution is 5.77. The Bertz CT molecular complexity index is 413. The zero-order valence-corrected chi connectivity index (χ0v) is 11.6. The molecule has 2 fully saturated rings. The SMILES string of the molecule is CC1(C)C2=C(C=O)CCC(C)(C)C23CCC1C3. The zero-order chi connectivity index (χ0) is 12.5. The number of hydrogen-bond donors (Lipinski definition) is 0. The van der Waals surface area contributed by atoms with E-state index >= 15 is 0 Å². The normalized spacial score (nSPS) is 41.5. The lowest BCUT2D eigenvalue weighted by molar-refractivity contribution is -0.105. The molecule has 2 atom stereocenters. The summed E-state index contributed by atoms with van der Waals surface area (Å²) in [7, 11) is 0. The molecule has 3 rings (SSSR count). The van der Waals surface area contributed by atoms with Crippen LogP contribution < -0.4 is 0 Å². The smallest absolute Gasteiger partial charge is 0.146 e. The molecule has 0 saturated heterocycles. The first-order chi connectivity index (χ1) is 7.85. The molecule has 0 N–H and O–H groups in total. The third-order valence-corrected chi connectivity index (χ3v) is 6.44. The van der Waals surface area contributed by atoms with Gasteiger partial charge < -0.3 is 0 Å². The van der Waals surface area contributed by atoms with Crippen LogP contribution in [0.3, 0.4) is 0 Å². The Labute approximate surface area is 105 Å². The van der Waals surface area contributed by atoms with Gasteiger partial charge in [-0.2, -0.15) is 0 Å². The highest BCUT2D eigenvalue weighted by atomic mass is 16.1. The molecule has 94 valence electrons. The quantitative estimate of drug-likeness (QED) is 0.621. The van der Waals surface area contributed by atoms with Crippen LogP contribution >= 0.6 is 0 Å². The largest absolute Gasteiger partial charge is 0.298 e. The lowest BCUT2D eigenvalue weighted by Gasteiger charge is -2.52. The summed E-state index contributed by atoms with van der Waals surface area (Å²) in [5.41, 5.74) is 3.71. The average molecular weight is 232 g/mol. The van der Waals surface area contributed by atoms with Gasteiger partial charge in [-0.3, -0.25) is 4.79 Å². The lowest BCUT2D eigenvalue weighted by Crippen LogP contribution is -2.43. The molecule has 1 heteroatoms. The molecule has 2 saturated carbocycles. The van der Waals surface area contributed by atoms with Crippen molar-refractivity contribution in [2.75, 3.05) is 0 Å². The van der Waals surface area contributed by atoms with Gasteiger partial charge in [-0.15, -0.1) is 0 Å². The van der Waals surface area contributed by atoms with E-state index in [2.05, 4.69) is 27.7 Å². The van der Waals surface area contributed by atoms with E-state index in [1.807, 2.05) is 0 Å². The predicted octanol–water partition coefficient (Wildman–Crippen LogP) is 4.13. The summed E-state index contributed by atoms with van der Waals surface area (Å²) in [4.78, 5) is 11.4. The van der Waals surface area contributed by atoms with Crippen molar-refractivity contribution in [1.29, 1.82) is 0 Å². The summed E-state index contributed by atoms with van der Waals surface area (Å²) in [6.45, 7) is 9.61. The minimum Gasteiger partial charge on any atom is -0.298 e. The van der Waals surface area contributed by atoms with E-state index in [4.69, 9.17) is 0 Å². The van der Waals surface area contributed by atoms with E-state index in [1.165, 1.54) is 25.7 Å². The van der Waals surface area contributed by atoms with Gasteiger partial charge in [0.1, 0.15) is 6.29 Å². The molecule has 0 aromatic carbocycles. The fourth-order valence-electron chi connectivity index (χ4n) is 5.31. The minimum atomic E-state index is 0.270. The fraction of sp³-hybridized carbons (Fsp3) is 0.812. The van der Waals surface area contributed by atoms with Crippen LogP contribution in [0.25, 0.3) is 0 Å². The van der Waals surface area contributed by atoms with Crippen molar-refractivity contribution in [2.24, 2.45) is 22.2 Å². The van der Waals surface area contributed by atoms with Gasteiger partial charge >= 0.3 is 0 Å². The molecule has 1 spiro atoms. The molecule has 0 amide bonds. The summed E-state index contributed by atoms with van der Waals surface area (Å²) >= 11 is 0. The Morgan fingerprint density at radius 3 is 2.53 bits per heavy atom. The van der Waals surface area contributed by atoms with E-state index in [1.54, 1.807) is 5.57 Å². The number of allylic oxidation sites excluding steroid dienone is 2. The number of rotatable bonds is 1. The fourth-order valence-corrected chi connectivity index (χ4v) is 5.31. The summed E-state index contributed by atoms with van der Waals surface area (Å²) in [5.74, 6) is 0.810. The zero-order valence-electron chi connectivity index (χ0n) is 11.6. The Kier molecular flexibility index (Phi) is 2.06. The Hall–Kier alpha value is -0.590. The standard InChI is InChI=1S/C16H24O/c1-14(2)7-5-11(10-17)13-15(3,4)12-6-8-16(13,14)9-12/h10,12H,5-9H2,1-4H3. The molecule has 3 aliphatic rings. The third-order valence-electron chi connectivity index (χ3n) is 6.44. The number of hydrogen-bond acceptors (Lipinski definition) is 1. The third kappa shape index (κ3) is 1.14. The molecular formula is C16H24O. The van der Waals surface area contributed by atoms with E-state index in [0.29, 0.717) is 10.8 Å². The predicted molar refractivity (Wildman–Crippen MR) is 69.7 cm³/mol. The van der Waals surface area contributed by atoms with Crippen molar-refractivity contribution in [3.05, 3.63) is 11.1 Å². The van der Waals surface area contributed by atoms with Gasteiger partial charge in [0.25, 0.3) is 0 Å². The second-order valence-electron chi connectivity index (χ2n) is 7.65. The molecule has 0 radical (unpaired) electrons. The van der Waals surface area contributed by atoms with Crippen molar-refractivity contribution in [1.82, 2.24) is 0 Å². The van der Waals surface area contributed by atoms with Crippen LogP contribution in [0.1, 0.15) is 59.8 Å². The maximum absolute atomic E-state index is 11.4. The van der Waals surface area contributed by atoms with Gasteiger partial charge in [0.05, 0.1) is 0 Å². The maximum Gasteiger partial charge on any atom is 0.146 e. The Morgan fingerprint density at radius 1 is 1.18 bits per heavy atom. The minimum absolute atomic E-state index is 0.270. The molecule has 0 aromatic rings. The van der Waals surface area contributed by atoms with E-state index in [-0.39, 0.29) is 5.41 Å². The summed E-state index contributed by atoms with van der Waals surface area (Å²) in [5, 5.41) is 0. The van der Waals surface area contributed by atoms with Crippen molar-refractivity contribution < 1.29 is 4.79 Å².